The molecule has 2 aliphatic rings. The minimum Gasteiger partial charge on any atom is -0.493 e. The van der Waals surface area contributed by atoms with Crippen LogP contribution in [0, 0.1) is 0 Å². The molecular weight excluding hydrogens is 390 g/mol. The number of carbonyl (C=O) groups excluding carboxylic acids is 2. The van der Waals surface area contributed by atoms with Gasteiger partial charge in [0.2, 0.25) is 5.91 Å². The number of hydrogen-bond acceptors (Lipinski definition) is 5. The predicted octanol–water partition coefficient (Wildman–Crippen LogP) is 2.72. The first-order valence-electron chi connectivity index (χ1n) is 9.19. The van der Waals surface area contributed by atoms with E-state index in [4.69, 9.17) is 21.7 Å². The van der Waals surface area contributed by atoms with E-state index in [2.05, 4.69) is 5.32 Å². The van der Waals surface area contributed by atoms with Gasteiger partial charge in [0.05, 0.1) is 19.9 Å². The Labute approximate surface area is 174 Å². The average molecular weight is 411 g/mol. The number of anilines is 2. The maximum atomic E-state index is 13.2. The molecule has 2 aliphatic heterocycles. The van der Waals surface area contributed by atoms with Gasteiger partial charge in [0, 0.05) is 25.6 Å². The summed E-state index contributed by atoms with van der Waals surface area (Å²) in [5, 5.41) is 3.20. The molecule has 0 saturated carbocycles. The molecule has 29 heavy (non-hydrogen) atoms. The molecule has 1 saturated heterocycles. The number of ether oxygens (including phenoxy) is 2. The van der Waals surface area contributed by atoms with Crippen LogP contribution in [0.2, 0.25) is 0 Å². The summed E-state index contributed by atoms with van der Waals surface area (Å²) < 4.78 is 10.8. The number of nitrogens with zero attached hydrogens (tertiary/aromatic N) is 2. The van der Waals surface area contributed by atoms with Gasteiger partial charge >= 0.3 is 0 Å². The van der Waals surface area contributed by atoms with Gasteiger partial charge in [-0.1, -0.05) is 0 Å². The summed E-state index contributed by atoms with van der Waals surface area (Å²) in [6.45, 7) is 1.98. The maximum Gasteiger partial charge on any atom is 0.256 e. The van der Waals surface area contributed by atoms with Gasteiger partial charge in [0.1, 0.15) is 6.04 Å². The summed E-state index contributed by atoms with van der Waals surface area (Å²) in [6, 6.07) is 10.6. The highest BCUT2D eigenvalue weighted by atomic mass is 32.1. The Hall–Kier alpha value is -3.13. The largest absolute Gasteiger partial charge is 0.493 e. The molecule has 4 rings (SSSR count). The number of nitrogens with one attached hydrogen (secondary N) is 1. The second-order valence-corrected chi connectivity index (χ2v) is 7.37. The molecule has 1 N–H and O–H groups in total. The molecule has 2 amide bonds. The van der Waals surface area contributed by atoms with Gasteiger partial charge in [0.15, 0.2) is 16.6 Å². The van der Waals surface area contributed by atoms with Gasteiger partial charge in [-0.15, -0.1) is 0 Å². The van der Waals surface area contributed by atoms with Crippen molar-refractivity contribution in [1.82, 2.24) is 4.90 Å². The second-order valence-electron chi connectivity index (χ2n) is 7.01. The third-order valence-corrected chi connectivity index (χ3v) is 5.64. The second kappa shape index (κ2) is 7.36. The smallest absolute Gasteiger partial charge is 0.256 e. The molecule has 0 radical (unpaired) electrons. The molecule has 2 aromatic carbocycles. The molecule has 0 aromatic heterocycles. The van der Waals surface area contributed by atoms with Crippen molar-refractivity contribution in [3.8, 4) is 11.5 Å². The highest BCUT2D eigenvalue weighted by molar-refractivity contribution is 7.80. The third-order valence-electron chi connectivity index (χ3n) is 5.22. The van der Waals surface area contributed by atoms with E-state index < -0.39 is 0 Å². The Bertz CT molecular complexity index is 955. The zero-order valence-corrected chi connectivity index (χ0v) is 17.2. The zero-order chi connectivity index (χ0) is 20.7. The number of rotatable bonds is 4. The van der Waals surface area contributed by atoms with Crippen LogP contribution in [0.5, 0.6) is 11.5 Å². The van der Waals surface area contributed by atoms with Gasteiger partial charge in [-0.05, 0) is 59.7 Å². The number of methoxy groups -OCH3 is 2. The average Bonchev–Trinajstić information content (AvgIpc) is 2.95. The minimum absolute atomic E-state index is 0.0530. The SMILES string of the molecule is COc1cc2c(cc1OC)CN1C(=S)N(c3ccc(NC(C)=O)cc3)C(=O)[C@H]1C2. The van der Waals surface area contributed by atoms with E-state index in [1.54, 1.807) is 43.4 Å². The van der Waals surface area contributed by atoms with E-state index in [1.807, 2.05) is 17.0 Å². The standard InChI is InChI=1S/C21H21N3O4S/c1-12(25)22-15-4-6-16(7-5-15)24-20(26)17-8-13-9-18(27-2)19(28-3)10-14(13)11-23(17)21(24)29/h4-7,9-10,17H,8,11H2,1-3H3,(H,22,25)/t17-/m1/s1. The summed E-state index contributed by atoms with van der Waals surface area (Å²) >= 11 is 5.64. The number of hydrogen-bond donors (Lipinski definition) is 1. The number of benzene rings is 2. The fourth-order valence-corrected chi connectivity index (χ4v) is 4.23. The van der Waals surface area contributed by atoms with Crippen LogP contribution in [0.1, 0.15) is 18.1 Å². The molecule has 1 atom stereocenters. The number of thiocarbonyl (C=S) groups is 1. The minimum atomic E-state index is -0.344. The fourth-order valence-electron chi connectivity index (χ4n) is 3.84. The maximum absolute atomic E-state index is 13.2. The first kappa shape index (κ1) is 19.2. The molecular formula is C21H21N3O4S. The van der Waals surface area contributed by atoms with Crippen LogP contribution in [0.4, 0.5) is 11.4 Å². The van der Waals surface area contributed by atoms with Crippen molar-refractivity contribution in [2.45, 2.75) is 25.9 Å². The topological polar surface area (TPSA) is 71.1 Å². The predicted molar refractivity (Wildman–Crippen MR) is 113 cm³/mol. The van der Waals surface area contributed by atoms with Crippen molar-refractivity contribution in [2.75, 3.05) is 24.4 Å². The lowest BCUT2D eigenvalue weighted by Gasteiger charge is -2.31. The molecule has 150 valence electrons. The molecule has 1 fully saturated rings. The van der Waals surface area contributed by atoms with E-state index in [0.717, 1.165) is 11.1 Å². The Balaban J connectivity index is 1.62. The summed E-state index contributed by atoms with van der Waals surface area (Å²) in [5.41, 5.74) is 3.48. The van der Waals surface area contributed by atoms with Crippen LogP contribution in [-0.4, -0.2) is 42.1 Å². The van der Waals surface area contributed by atoms with Crippen molar-refractivity contribution in [3.63, 3.8) is 0 Å². The first-order valence-corrected chi connectivity index (χ1v) is 9.59. The monoisotopic (exact) mass is 411 g/mol. The third kappa shape index (κ3) is 3.29. The van der Waals surface area contributed by atoms with Crippen LogP contribution >= 0.6 is 12.2 Å². The summed E-state index contributed by atoms with van der Waals surface area (Å²) in [7, 11) is 3.20. The highest BCUT2D eigenvalue weighted by Crippen LogP contribution is 2.38. The Morgan fingerprint density at radius 2 is 1.72 bits per heavy atom. The normalized spacial score (nSPS) is 17.7. The van der Waals surface area contributed by atoms with Gasteiger partial charge < -0.3 is 19.7 Å². The van der Waals surface area contributed by atoms with E-state index in [1.165, 1.54) is 6.92 Å². The molecule has 0 bridgehead atoms. The van der Waals surface area contributed by atoms with E-state index >= 15 is 0 Å². The molecule has 7 nitrogen and oxygen atoms in total. The summed E-state index contributed by atoms with van der Waals surface area (Å²) in [6.07, 6.45) is 0.551. The van der Waals surface area contributed by atoms with Gasteiger partial charge in [-0.25, -0.2) is 0 Å². The molecule has 0 unspecified atom stereocenters. The molecule has 0 spiro atoms. The van der Waals surface area contributed by atoms with Crippen LogP contribution in [0.3, 0.4) is 0 Å². The lowest BCUT2D eigenvalue weighted by atomic mass is 9.94. The van der Waals surface area contributed by atoms with Gasteiger partial charge in [-0.2, -0.15) is 0 Å². The summed E-state index contributed by atoms with van der Waals surface area (Å²) in [5.74, 6) is 1.11. The van der Waals surface area contributed by atoms with E-state index in [0.29, 0.717) is 41.0 Å². The lowest BCUT2D eigenvalue weighted by Crippen LogP contribution is -2.40. The van der Waals surface area contributed by atoms with Crippen LogP contribution in [0.25, 0.3) is 0 Å². The molecule has 2 aromatic rings. The number of amides is 2. The Morgan fingerprint density at radius 1 is 1.10 bits per heavy atom. The van der Waals surface area contributed by atoms with Crippen molar-refractivity contribution in [3.05, 3.63) is 47.5 Å². The van der Waals surface area contributed by atoms with Crippen LogP contribution < -0.4 is 19.7 Å². The fraction of sp³-hybridized carbons (Fsp3) is 0.286. The number of carbonyl (C=O) groups is 2. The molecule has 8 heteroatoms. The van der Waals surface area contributed by atoms with E-state index in [-0.39, 0.29) is 17.9 Å². The lowest BCUT2D eigenvalue weighted by molar-refractivity contribution is -0.120. The quantitative estimate of drug-likeness (QED) is 0.780. The Morgan fingerprint density at radius 3 is 2.31 bits per heavy atom. The van der Waals surface area contributed by atoms with Crippen molar-refractivity contribution < 1.29 is 19.1 Å². The van der Waals surface area contributed by atoms with Gasteiger partial charge in [-0.3, -0.25) is 14.5 Å². The first-order chi connectivity index (χ1) is 13.9. The Kier molecular flexibility index (Phi) is 4.87. The zero-order valence-electron chi connectivity index (χ0n) is 16.4. The number of fused-ring (bicyclic) bond motifs is 2. The molecule has 2 heterocycles. The van der Waals surface area contributed by atoms with Crippen LogP contribution in [0.15, 0.2) is 36.4 Å². The van der Waals surface area contributed by atoms with Gasteiger partial charge in [0.25, 0.3) is 5.91 Å². The van der Waals surface area contributed by atoms with Crippen molar-refractivity contribution in [2.24, 2.45) is 0 Å². The summed E-state index contributed by atoms with van der Waals surface area (Å²) in [4.78, 5) is 27.9. The van der Waals surface area contributed by atoms with E-state index in [9.17, 15) is 9.59 Å². The van der Waals surface area contributed by atoms with Crippen LogP contribution in [-0.2, 0) is 22.6 Å². The van der Waals surface area contributed by atoms with Crippen molar-refractivity contribution >= 4 is 40.5 Å². The van der Waals surface area contributed by atoms with Crippen molar-refractivity contribution in [1.29, 1.82) is 0 Å². The highest BCUT2D eigenvalue weighted by Gasteiger charge is 2.45. The molecule has 0 aliphatic carbocycles.